The van der Waals surface area contributed by atoms with Gasteiger partial charge in [0, 0.05) is 44.8 Å². The molecule has 1 saturated heterocycles. The van der Waals surface area contributed by atoms with E-state index in [-0.39, 0.29) is 34.8 Å². The molecule has 9 heteroatoms. The first-order chi connectivity index (χ1) is 13.5. The van der Waals surface area contributed by atoms with Crippen molar-refractivity contribution in [2.75, 3.05) is 25.5 Å². The van der Waals surface area contributed by atoms with E-state index < -0.39 is 10.0 Å². The Hall–Kier alpha value is -1.97. The van der Waals surface area contributed by atoms with E-state index in [2.05, 4.69) is 14.9 Å². The fourth-order valence-corrected chi connectivity index (χ4v) is 4.68. The van der Waals surface area contributed by atoms with Crippen molar-refractivity contribution in [3.05, 3.63) is 24.3 Å². The molecule has 0 aliphatic carbocycles. The Morgan fingerprint density at radius 1 is 1.10 bits per heavy atom. The van der Waals surface area contributed by atoms with Crippen LogP contribution >= 0.6 is 0 Å². The van der Waals surface area contributed by atoms with E-state index in [1.54, 1.807) is 37.8 Å². The van der Waals surface area contributed by atoms with E-state index in [9.17, 15) is 18.0 Å². The van der Waals surface area contributed by atoms with E-state index in [1.165, 1.54) is 12.1 Å². The normalized spacial score (nSPS) is 17.2. The van der Waals surface area contributed by atoms with Gasteiger partial charge in [0.2, 0.25) is 21.8 Å². The van der Waals surface area contributed by atoms with E-state index in [1.807, 2.05) is 14.0 Å². The summed E-state index contributed by atoms with van der Waals surface area (Å²) in [6.45, 7) is 8.43. The monoisotopic (exact) mass is 424 g/mol. The molecule has 0 bridgehead atoms. The standard InChI is InChI=1S/C20H32N4O4S/c1-14(2)22-29(27,28)19-8-6-17(7-9-19)21-20(26)15(3)24-12-10-18(11-13-24)23(5)16(4)25/h6-9,14-15,18,22H,10-13H2,1-5H3,(H,21,26). The molecule has 1 aromatic carbocycles. The predicted molar refractivity (Wildman–Crippen MR) is 113 cm³/mol. The predicted octanol–water partition coefficient (Wildman–Crippen LogP) is 1.64. The third-order valence-electron chi connectivity index (χ3n) is 5.29. The molecule has 8 nitrogen and oxygen atoms in total. The van der Waals surface area contributed by atoms with Gasteiger partial charge in [-0.15, -0.1) is 0 Å². The fraction of sp³-hybridized carbons (Fsp3) is 0.600. The Bertz CT molecular complexity index is 815. The average Bonchev–Trinajstić information content (AvgIpc) is 2.66. The minimum absolute atomic E-state index is 0.0586. The Labute approximate surface area is 173 Å². The molecule has 0 saturated carbocycles. The maximum Gasteiger partial charge on any atom is 0.241 e. The van der Waals surface area contributed by atoms with Crippen molar-refractivity contribution in [3.63, 3.8) is 0 Å². The van der Waals surface area contributed by atoms with Crippen molar-refractivity contribution in [1.29, 1.82) is 0 Å². The van der Waals surface area contributed by atoms with Crippen molar-refractivity contribution in [3.8, 4) is 0 Å². The van der Waals surface area contributed by atoms with Crippen LogP contribution in [0.1, 0.15) is 40.5 Å². The van der Waals surface area contributed by atoms with E-state index in [0.29, 0.717) is 5.69 Å². The van der Waals surface area contributed by atoms with Crippen LogP contribution in [0, 0.1) is 0 Å². The molecular weight excluding hydrogens is 392 g/mol. The summed E-state index contributed by atoms with van der Waals surface area (Å²) in [5.74, 6) is -0.0809. The number of piperidine rings is 1. The molecule has 0 radical (unpaired) electrons. The number of nitrogens with one attached hydrogen (secondary N) is 2. The van der Waals surface area contributed by atoms with Gasteiger partial charge in [-0.05, 0) is 57.9 Å². The van der Waals surface area contributed by atoms with Gasteiger partial charge in [-0.3, -0.25) is 14.5 Å². The Kier molecular flexibility index (Phi) is 7.79. The van der Waals surface area contributed by atoms with Gasteiger partial charge in [0.25, 0.3) is 0 Å². The maximum atomic E-state index is 12.6. The van der Waals surface area contributed by atoms with E-state index >= 15 is 0 Å². The summed E-state index contributed by atoms with van der Waals surface area (Å²) in [5.41, 5.74) is 0.552. The van der Waals surface area contributed by atoms with Gasteiger partial charge in [-0.25, -0.2) is 13.1 Å². The van der Waals surface area contributed by atoms with Crippen LogP contribution in [0.15, 0.2) is 29.2 Å². The molecule has 2 amide bonds. The first kappa shape index (κ1) is 23.3. The molecule has 2 rings (SSSR count). The van der Waals surface area contributed by atoms with Gasteiger partial charge in [0.05, 0.1) is 10.9 Å². The van der Waals surface area contributed by atoms with Crippen molar-refractivity contribution in [2.45, 2.75) is 63.6 Å². The van der Waals surface area contributed by atoms with Crippen LogP contribution in [0.25, 0.3) is 0 Å². The summed E-state index contributed by atoms with van der Waals surface area (Å²) in [6, 6.07) is 5.85. The number of carbonyl (C=O) groups excluding carboxylic acids is 2. The van der Waals surface area contributed by atoms with Crippen LogP contribution < -0.4 is 10.0 Å². The fourth-order valence-electron chi connectivity index (χ4n) is 3.43. The van der Waals surface area contributed by atoms with Crippen LogP contribution in [0.4, 0.5) is 5.69 Å². The van der Waals surface area contributed by atoms with E-state index in [4.69, 9.17) is 0 Å². The first-order valence-corrected chi connectivity index (χ1v) is 11.4. The van der Waals surface area contributed by atoms with Crippen molar-refractivity contribution >= 4 is 27.5 Å². The second kappa shape index (κ2) is 9.69. The molecule has 162 valence electrons. The lowest BCUT2D eigenvalue weighted by Crippen LogP contribution is -2.50. The van der Waals surface area contributed by atoms with Crippen LogP contribution in [0.3, 0.4) is 0 Å². The third kappa shape index (κ3) is 6.25. The van der Waals surface area contributed by atoms with Gasteiger partial charge in [-0.2, -0.15) is 0 Å². The number of likely N-dealkylation sites (tertiary alicyclic amines) is 1. The highest BCUT2D eigenvalue weighted by molar-refractivity contribution is 7.89. The number of sulfonamides is 1. The molecule has 0 spiro atoms. The van der Waals surface area contributed by atoms with Crippen LogP contribution in [0.5, 0.6) is 0 Å². The highest BCUT2D eigenvalue weighted by atomic mass is 32.2. The SMILES string of the molecule is CC(=O)N(C)C1CCN(C(C)C(=O)Nc2ccc(S(=O)(=O)NC(C)C)cc2)CC1. The van der Waals surface area contributed by atoms with E-state index in [0.717, 1.165) is 25.9 Å². The molecule has 29 heavy (non-hydrogen) atoms. The Morgan fingerprint density at radius 3 is 2.14 bits per heavy atom. The van der Waals surface area contributed by atoms with Gasteiger partial charge in [-0.1, -0.05) is 0 Å². The summed E-state index contributed by atoms with van der Waals surface area (Å²) >= 11 is 0. The van der Waals surface area contributed by atoms with Gasteiger partial charge in [0.1, 0.15) is 0 Å². The smallest absolute Gasteiger partial charge is 0.241 e. The van der Waals surface area contributed by atoms with Crippen molar-refractivity contribution in [1.82, 2.24) is 14.5 Å². The minimum atomic E-state index is -3.56. The largest absolute Gasteiger partial charge is 0.343 e. The number of hydrogen-bond donors (Lipinski definition) is 2. The number of anilines is 1. The molecule has 1 aliphatic rings. The van der Waals surface area contributed by atoms with Crippen LogP contribution in [-0.2, 0) is 19.6 Å². The van der Waals surface area contributed by atoms with Crippen LogP contribution in [-0.4, -0.2) is 68.3 Å². The number of rotatable bonds is 7. The zero-order valence-electron chi connectivity index (χ0n) is 17.8. The molecule has 1 aromatic rings. The summed E-state index contributed by atoms with van der Waals surface area (Å²) in [4.78, 5) is 28.2. The number of amides is 2. The molecule has 1 heterocycles. The maximum absolute atomic E-state index is 12.6. The third-order valence-corrected chi connectivity index (χ3v) is 6.97. The van der Waals surface area contributed by atoms with Crippen molar-refractivity contribution in [2.24, 2.45) is 0 Å². The zero-order valence-corrected chi connectivity index (χ0v) is 18.6. The topological polar surface area (TPSA) is 98.8 Å². The lowest BCUT2D eigenvalue weighted by Gasteiger charge is -2.38. The Morgan fingerprint density at radius 2 is 1.66 bits per heavy atom. The molecule has 1 atom stereocenters. The van der Waals surface area contributed by atoms with Gasteiger partial charge < -0.3 is 10.2 Å². The number of benzene rings is 1. The highest BCUT2D eigenvalue weighted by Crippen LogP contribution is 2.19. The zero-order chi connectivity index (χ0) is 21.8. The lowest BCUT2D eigenvalue weighted by molar-refractivity contribution is -0.131. The van der Waals surface area contributed by atoms with Crippen molar-refractivity contribution < 1.29 is 18.0 Å². The van der Waals surface area contributed by atoms with Gasteiger partial charge >= 0.3 is 0 Å². The molecule has 2 N–H and O–H groups in total. The molecular formula is C20H32N4O4S. The first-order valence-electron chi connectivity index (χ1n) is 9.92. The number of carbonyl (C=O) groups is 2. The summed E-state index contributed by atoms with van der Waals surface area (Å²) in [6.07, 6.45) is 1.67. The second-order valence-corrected chi connectivity index (χ2v) is 9.58. The van der Waals surface area contributed by atoms with Crippen LogP contribution in [0.2, 0.25) is 0 Å². The Balaban J connectivity index is 1.92. The highest BCUT2D eigenvalue weighted by Gasteiger charge is 2.29. The number of nitrogens with zero attached hydrogens (tertiary/aromatic N) is 2. The summed E-state index contributed by atoms with van der Waals surface area (Å²) in [5, 5.41) is 2.85. The molecule has 1 fully saturated rings. The molecule has 1 unspecified atom stereocenters. The second-order valence-electron chi connectivity index (χ2n) is 7.86. The molecule has 1 aliphatic heterocycles. The molecule has 0 aromatic heterocycles. The minimum Gasteiger partial charge on any atom is -0.343 e. The quantitative estimate of drug-likeness (QED) is 0.693. The average molecular weight is 425 g/mol. The summed E-state index contributed by atoms with van der Waals surface area (Å²) < 4.78 is 26.9. The lowest BCUT2D eigenvalue weighted by atomic mass is 10.0. The summed E-state index contributed by atoms with van der Waals surface area (Å²) in [7, 11) is -1.74. The van der Waals surface area contributed by atoms with Gasteiger partial charge in [0.15, 0.2) is 0 Å². The number of hydrogen-bond acceptors (Lipinski definition) is 5.